The maximum absolute atomic E-state index is 14.1. The number of carbonyl (C=O) groups is 1. The highest BCUT2D eigenvalue weighted by atomic mass is 19.1. The quantitative estimate of drug-likeness (QED) is 0.518. The first-order valence-electron chi connectivity index (χ1n) is 11.9. The summed E-state index contributed by atoms with van der Waals surface area (Å²) in [6.45, 7) is 7.26. The third-order valence-corrected chi connectivity index (χ3v) is 6.77. The molecule has 0 radical (unpaired) electrons. The molecule has 2 heterocycles. The van der Waals surface area contributed by atoms with Gasteiger partial charge in [-0.1, -0.05) is 0 Å². The van der Waals surface area contributed by atoms with Gasteiger partial charge in [-0.25, -0.2) is 9.18 Å². The van der Waals surface area contributed by atoms with E-state index in [2.05, 4.69) is 22.2 Å². The number of piperazine rings is 1. The van der Waals surface area contributed by atoms with Crippen LogP contribution in [0.25, 0.3) is 11.0 Å². The maximum atomic E-state index is 14.1. The van der Waals surface area contributed by atoms with Crippen LogP contribution in [0, 0.1) is 12.7 Å². The van der Waals surface area contributed by atoms with Gasteiger partial charge in [-0.2, -0.15) is 0 Å². The van der Waals surface area contributed by atoms with Gasteiger partial charge in [-0.3, -0.25) is 4.79 Å². The molecule has 1 aliphatic heterocycles. The van der Waals surface area contributed by atoms with Crippen LogP contribution in [0.1, 0.15) is 36.1 Å². The summed E-state index contributed by atoms with van der Waals surface area (Å²) in [4.78, 5) is 29.9. The molecule has 1 N–H and O–H groups in total. The zero-order chi connectivity index (χ0) is 25.1. The number of methoxy groups -OCH3 is 1. The van der Waals surface area contributed by atoms with E-state index in [1.165, 1.54) is 12.1 Å². The van der Waals surface area contributed by atoms with Gasteiger partial charge in [0.15, 0.2) is 0 Å². The molecular weight excluding hydrogens is 449 g/mol. The number of aryl methyl sites for hydroxylation is 1. The number of nitrogens with zero attached hydrogens (tertiary/aromatic N) is 2. The minimum atomic E-state index is -0.452. The predicted octanol–water partition coefficient (Wildman–Crippen LogP) is 3.81. The molecule has 4 rings (SSSR count). The van der Waals surface area contributed by atoms with E-state index in [0.29, 0.717) is 16.9 Å². The van der Waals surface area contributed by atoms with Crippen molar-refractivity contribution in [3.05, 3.63) is 69.3 Å². The number of carbonyl (C=O) groups excluding carboxylic acids is 1. The van der Waals surface area contributed by atoms with Crippen molar-refractivity contribution in [1.82, 2.24) is 10.2 Å². The third kappa shape index (κ3) is 5.48. The standard InChI is InChI=1S/C27H32FN3O4/c1-17-21-7-6-20(34-4)16-25(21)35-27(33)22(17)8-10-26(32)29-18(2)23-15-19(28)5-9-24(23)31-13-11-30(3)12-14-31/h5-7,9,15-16,18H,8,10-14H2,1-4H3,(H,29,32). The second-order valence-corrected chi connectivity index (χ2v) is 9.14. The Morgan fingerprint density at radius 3 is 2.63 bits per heavy atom. The molecule has 1 fully saturated rings. The van der Waals surface area contributed by atoms with E-state index in [0.717, 1.165) is 48.4 Å². The Kier molecular flexibility index (Phi) is 7.40. The van der Waals surface area contributed by atoms with Gasteiger partial charge in [0.25, 0.3) is 0 Å². The molecule has 1 saturated heterocycles. The fraction of sp³-hybridized carbons (Fsp3) is 0.407. The van der Waals surface area contributed by atoms with E-state index in [9.17, 15) is 14.0 Å². The lowest BCUT2D eigenvalue weighted by Gasteiger charge is -2.36. The Morgan fingerprint density at radius 2 is 1.91 bits per heavy atom. The van der Waals surface area contributed by atoms with E-state index in [4.69, 9.17) is 9.15 Å². The number of fused-ring (bicyclic) bond motifs is 1. The zero-order valence-corrected chi connectivity index (χ0v) is 20.7. The Labute approximate surface area is 204 Å². The van der Waals surface area contributed by atoms with Gasteiger partial charge in [-0.15, -0.1) is 0 Å². The zero-order valence-electron chi connectivity index (χ0n) is 20.7. The summed E-state index contributed by atoms with van der Waals surface area (Å²) in [7, 11) is 3.64. The average molecular weight is 482 g/mol. The van der Waals surface area contributed by atoms with Crippen molar-refractivity contribution in [3.63, 3.8) is 0 Å². The SMILES string of the molecule is COc1ccc2c(C)c(CCC(=O)NC(C)c3cc(F)ccc3N3CCN(C)CC3)c(=O)oc2c1. The van der Waals surface area contributed by atoms with Crippen LogP contribution in [0.4, 0.5) is 10.1 Å². The van der Waals surface area contributed by atoms with Crippen molar-refractivity contribution in [2.45, 2.75) is 32.7 Å². The number of nitrogens with one attached hydrogen (secondary N) is 1. The molecule has 1 aromatic heterocycles. The van der Waals surface area contributed by atoms with Crippen molar-refractivity contribution < 1.29 is 18.3 Å². The predicted molar refractivity (Wildman–Crippen MR) is 135 cm³/mol. The summed E-state index contributed by atoms with van der Waals surface area (Å²) >= 11 is 0. The van der Waals surface area contributed by atoms with Crippen LogP contribution in [0.15, 0.2) is 45.6 Å². The van der Waals surface area contributed by atoms with E-state index < -0.39 is 5.63 Å². The van der Waals surface area contributed by atoms with Crippen molar-refractivity contribution in [1.29, 1.82) is 0 Å². The van der Waals surface area contributed by atoms with Gasteiger partial charge < -0.3 is 24.3 Å². The van der Waals surface area contributed by atoms with Gasteiger partial charge >= 0.3 is 5.63 Å². The number of hydrogen-bond acceptors (Lipinski definition) is 6. The molecule has 35 heavy (non-hydrogen) atoms. The number of likely N-dealkylation sites (N-methyl/N-ethyl adjacent to an activating group) is 1. The molecule has 1 aliphatic rings. The van der Waals surface area contributed by atoms with E-state index in [1.54, 1.807) is 19.2 Å². The second kappa shape index (κ2) is 10.5. The minimum absolute atomic E-state index is 0.122. The van der Waals surface area contributed by atoms with Gasteiger partial charge in [0, 0.05) is 60.9 Å². The van der Waals surface area contributed by atoms with Crippen molar-refractivity contribution >= 4 is 22.6 Å². The van der Waals surface area contributed by atoms with Crippen molar-refractivity contribution in [2.75, 3.05) is 45.2 Å². The summed E-state index contributed by atoms with van der Waals surface area (Å²) in [5, 5.41) is 3.79. The first-order valence-corrected chi connectivity index (χ1v) is 11.9. The highest BCUT2D eigenvalue weighted by molar-refractivity contribution is 5.83. The topological polar surface area (TPSA) is 75.0 Å². The molecule has 1 unspecified atom stereocenters. The molecule has 0 saturated carbocycles. The molecule has 2 aromatic carbocycles. The van der Waals surface area contributed by atoms with Crippen LogP contribution in [-0.2, 0) is 11.2 Å². The summed E-state index contributed by atoms with van der Waals surface area (Å²) in [5.41, 5.74) is 2.96. The second-order valence-electron chi connectivity index (χ2n) is 9.14. The number of amides is 1. The van der Waals surface area contributed by atoms with Gasteiger partial charge in [0.2, 0.25) is 5.91 Å². The van der Waals surface area contributed by atoms with Crippen LogP contribution in [0.2, 0.25) is 0 Å². The molecule has 8 heteroatoms. The van der Waals surface area contributed by atoms with Gasteiger partial charge in [-0.05, 0) is 63.2 Å². The molecule has 0 spiro atoms. The Balaban J connectivity index is 1.46. The largest absolute Gasteiger partial charge is 0.497 e. The van der Waals surface area contributed by atoms with Crippen molar-refractivity contribution in [3.8, 4) is 5.75 Å². The number of ether oxygens (including phenoxy) is 1. The monoisotopic (exact) mass is 481 g/mol. The summed E-state index contributed by atoms with van der Waals surface area (Å²) in [6.07, 6.45) is 0.375. The van der Waals surface area contributed by atoms with Crippen LogP contribution < -0.4 is 20.6 Å². The van der Waals surface area contributed by atoms with E-state index in [1.807, 2.05) is 26.0 Å². The summed E-state index contributed by atoms with van der Waals surface area (Å²) in [6, 6.07) is 9.70. The normalized spacial score (nSPS) is 15.3. The summed E-state index contributed by atoms with van der Waals surface area (Å²) < 4.78 is 24.8. The highest BCUT2D eigenvalue weighted by Crippen LogP contribution is 2.29. The third-order valence-electron chi connectivity index (χ3n) is 6.77. The fourth-order valence-electron chi connectivity index (χ4n) is 4.63. The van der Waals surface area contributed by atoms with E-state index >= 15 is 0 Å². The Hall–Kier alpha value is -3.39. The molecule has 0 bridgehead atoms. The Morgan fingerprint density at radius 1 is 1.17 bits per heavy atom. The smallest absolute Gasteiger partial charge is 0.339 e. The lowest BCUT2D eigenvalue weighted by atomic mass is 10.0. The highest BCUT2D eigenvalue weighted by Gasteiger charge is 2.22. The summed E-state index contributed by atoms with van der Waals surface area (Å²) in [5.74, 6) is 0.0641. The molecule has 0 aliphatic carbocycles. The average Bonchev–Trinajstić information content (AvgIpc) is 2.84. The van der Waals surface area contributed by atoms with Gasteiger partial charge in [0.1, 0.15) is 17.1 Å². The van der Waals surface area contributed by atoms with Crippen molar-refractivity contribution in [2.24, 2.45) is 0 Å². The van der Waals surface area contributed by atoms with Crippen LogP contribution in [0.3, 0.4) is 0 Å². The first-order chi connectivity index (χ1) is 16.8. The lowest BCUT2D eigenvalue weighted by Crippen LogP contribution is -2.45. The number of rotatable bonds is 7. The van der Waals surface area contributed by atoms with E-state index in [-0.39, 0.29) is 30.6 Å². The van der Waals surface area contributed by atoms with Crippen LogP contribution in [-0.4, -0.2) is 51.1 Å². The maximum Gasteiger partial charge on any atom is 0.339 e. The van der Waals surface area contributed by atoms with Crippen LogP contribution in [0.5, 0.6) is 5.75 Å². The molecule has 3 aromatic rings. The minimum Gasteiger partial charge on any atom is -0.497 e. The number of benzene rings is 2. The number of anilines is 1. The molecular formula is C27H32FN3O4. The molecule has 7 nitrogen and oxygen atoms in total. The van der Waals surface area contributed by atoms with Crippen LogP contribution >= 0.6 is 0 Å². The fourth-order valence-corrected chi connectivity index (χ4v) is 4.63. The first kappa shape index (κ1) is 24.7. The number of hydrogen-bond donors (Lipinski definition) is 1. The molecule has 1 amide bonds. The number of halogens is 1. The lowest BCUT2D eigenvalue weighted by molar-refractivity contribution is -0.121. The van der Waals surface area contributed by atoms with Gasteiger partial charge in [0.05, 0.1) is 13.2 Å². The molecule has 1 atom stereocenters. The Bertz CT molecular complexity index is 1280. The molecule has 186 valence electrons.